The number of ether oxygens (including phenoxy) is 1. The van der Waals surface area contributed by atoms with E-state index in [0.717, 1.165) is 0 Å². The van der Waals surface area contributed by atoms with Gasteiger partial charge in [0.05, 0.1) is 11.5 Å². The van der Waals surface area contributed by atoms with Gasteiger partial charge in [-0.15, -0.1) is 0 Å². The number of esters is 1. The molecule has 1 rings (SSSR count). The smallest absolute Gasteiger partial charge is 0.325 e. The molecule has 0 aromatic heterocycles. The first-order chi connectivity index (χ1) is 8.49. The van der Waals surface area contributed by atoms with Crippen LogP contribution in [0.5, 0.6) is 0 Å². The molecule has 0 saturated heterocycles. The van der Waals surface area contributed by atoms with Crippen molar-refractivity contribution in [3.8, 4) is 0 Å². The molecular weight excluding hydrogens is 256 g/mol. The van der Waals surface area contributed by atoms with Gasteiger partial charge in [-0.1, -0.05) is 0 Å². The van der Waals surface area contributed by atoms with Gasteiger partial charge >= 0.3 is 5.97 Å². The van der Waals surface area contributed by atoms with Crippen LogP contribution < -0.4 is 10.0 Å². The first-order valence-electron chi connectivity index (χ1n) is 5.42. The number of hydrogen-bond donors (Lipinski definition) is 2. The zero-order valence-electron chi connectivity index (χ0n) is 10.3. The molecule has 0 amide bonds. The van der Waals surface area contributed by atoms with E-state index in [0.29, 0.717) is 12.3 Å². The Balaban J connectivity index is 2.64. The van der Waals surface area contributed by atoms with Crippen LogP contribution in [0.2, 0.25) is 0 Å². The number of benzene rings is 1. The predicted molar refractivity (Wildman–Crippen MR) is 67.8 cm³/mol. The van der Waals surface area contributed by atoms with Crippen molar-refractivity contribution in [1.82, 2.24) is 4.72 Å². The third kappa shape index (κ3) is 4.01. The van der Waals surface area contributed by atoms with Gasteiger partial charge in [-0.2, -0.15) is 0 Å². The molecule has 0 aliphatic carbocycles. The van der Waals surface area contributed by atoms with Crippen LogP contribution in [0, 0.1) is 0 Å². The molecule has 0 aliphatic rings. The molecule has 0 bridgehead atoms. The fourth-order valence-electron chi connectivity index (χ4n) is 1.26. The minimum atomic E-state index is -3.42. The van der Waals surface area contributed by atoms with Crippen molar-refractivity contribution in [3.05, 3.63) is 24.3 Å². The molecule has 0 fully saturated rings. The second-order valence-electron chi connectivity index (χ2n) is 3.39. The van der Waals surface area contributed by atoms with E-state index in [1.54, 1.807) is 19.1 Å². The highest BCUT2D eigenvalue weighted by Gasteiger charge is 2.10. The molecule has 7 heteroatoms. The fourth-order valence-corrected chi connectivity index (χ4v) is 1.99. The molecule has 0 aliphatic heterocycles. The van der Waals surface area contributed by atoms with E-state index in [-0.39, 0.29) is 17.4 Å². The van der Waals surface area contributed by atoms with E-state index >= 15 is 0 Å². The second kappa shape index (κ2) is 6.36. The highest BCUT2D eigenvalue weighted by atomic mass is 32.2. The largest absolute Gasteiger partial charge is 0.465 e. The maximum absolute atomic E-state index is 11.5. The van der Waals surface area contributed by atoms with Crippen molar-refractivity contribution >= 4 is 21.7 Å². The van der Waals surface area contributed by atoms with Gasteiger partial charge in [0.15, 0.2) is 0 Å². The first kappa shape index (κ1) is 14.5. The Bertz CT molecular complexity index is 496. The van der Waals surface area contributed by atoms with Crippen molar-refractivity contribution in [3.63, 3.8) is 0 Å². The highest BCUT2D eigenvalue weighted by molar-refractivity contribution is 7.89. The van der Waals surface area contributed by atoms with Crippen molar-refractivity contribution in [2.24, 2.45) is 0 Å². The van der Waals surface area contributed by atoms with Crippen LogP contribution in [0.1, 0.15) is 6.92 Å². The Kier molecular flexibility index (Phi) is 5.11. The number of rotatable bonds is 6. The molecule has 100 valence electrons. The molecule has 6 nitrogen and oxygen atoms in total. The van der Waals surface area contributed by atoms with Gasteiger partial charge in [-0.05, 0) is 38.2 Å². The lowest BCUT2D eigenvalue weighted by Gasteiger charge is -2.07. The molecular formula is C11H16N2O4S. The Hall–Kier alpha value is -1.60. The monoisotopic (exact) mass is 272 g/mol. The summed E-state index contributed by atoms with van der Waals surface area (Å²) < 4.78 is 29.9. The van der Waals surface area contributed by atoms with Gasteiger partial charge in [0, 0.05) is 5.69 Å². The number of nitrogens with one attached hydrogen (secondary N) is 2. The summed E-state index contributed by atoms with van der Waals surface area (Å²) in [5, 5.41) is 2.84. The lowest BCUT2D eigenvalue weighted by Crippen LogP contribution is -2.19. The van der Waals surface area contributed by atoms with E-state index in [1.165, 1.54) is 19.2 Å². The average molecular weight is 272 g/mol. The average Bonchev–Trinajstić information content (AvgIpc) is 2.37. The highest BCUT2D eigenvalue weighted by Crippen LogP contribution is 2.13. The van der Waals surface area contributed by atoms with Crippen LogP contribution in [0.15, 0.2) is 29.2 Å². The fraction of sp³-hybridized carbons (Fsp3) is 0.364. The Morgan fingerprint density at radius 2 is 1.89 bits per heavy atom. The normalized spacial score (nSPS) is 11.0. The van der Waals surface area contributed by atoms with E-state index in [1.807, 2.05) is 0 Å². The second-order valence-corrected chi connectivity index (χ2v) is 5.28. The summed E-state index contributed by atoms with van der Waals surface area (Å²) in [4.78, 5) is 11.3. The Labute approximate surface area is 106 Å². The maximum Gasteiger partial charge on any atom is 0.325 e. The minimum absolute atomic E-state index is 0.0476. The van der Waals surface area contributed by atoms with Gasteiger partial charge in [-0.3, -0.25) is 4.79 Å². The van der Waals surface area contributed by atoms with Crippen molar-refractivity contribution in [2.75, 3.05) is 25.5 Å². The van der Waals surface area contributed by atoms with E-state index in [9.17, 15) is 13.2 Å². The molecule has 18 heavy (non-hydrogen) atoms. The van der Waals surface area contributed by atoms with Crippen LogP contribution in [0.4, 0.5) is 5.69 Å². The van der Waals surface area contributed by atoms with Gasteiger partial charge in [-0.25, -0.2) is 13.1 Å². The third-order valence-corrected chi connectivity index (χ3v) is 3.61. The SMILES string of the molecule is CCOC(=O)CNc1ccc(S(=O)(=O)NC)cc1. The molecule has 0 heterocycles. The zero-order chi connectivity index (χ0) is 13.6. The van der Waals surface area contributed by atoms with Crippen LogP contribution in [-0.2, 0) is 19.6 Å². The third-order valence-electron chi connectivity index (χ3n) is 2.18. The molecule has 1 aromatic rings. The lowest BCUT2D eigenvalue weighted by molar-refractivity contribution is -0.140. The molecule has 0 spiro atoms. The van der Waals surface area contributed by atoms with Crippen LogP contribution in [-0.4, -0.2) is 34.6 Å². The van der Waals surface area contributed by atoms with Crippen molar-refractivity contribution < 1.29 is 17.9 Å². The number of anilines is 1. The van der Waals surface area contributed by atoms with Gasteiger partial charge in [0.2, 0.25) is 10.0 Å². The zero-order valence-corrected chi connectivity index (χ0v) is 11.1. The predicted octanol–water partition coefficient (Wildman–Crippen LogP) is 0.570. The number of carbonyl (C=O) groups excluding carboxylic acids is 1. The van der Waals surface area contributed by atoms with E-state index in [4.69, 9.17) is 4.74 Å². The topological polar surface area (TPSA) is 84.5 Å². The Morgan fingerprint density at radius 3 is 2.39 bits per heavy atom. The number of carbonyl (C=O) groups is 1. The van der Waals surface area contributed by atoms with Crippen LogP contribution in [0.3, 0.4) is 0 Å². The summed E-state index contributed by atoms with van der Waals surface area (Å²) in [7, 11) is -2.07. The van der Waals surface area contributed by atoms with Gasteiger partial charge in [0.1, 0.15) is 6.54 Å². The number of hydrogen-bond acceptors (Lipinski definition) is 5. The Morgan fingerprint density at radius 1 is 1.28 bits per heavy atom. The maximum atomic E-state index is 11.5. The van der Waals surface area contributed by atoms with Gasteiger partial charge in [0.25, 0.3) is 0 Å². The molecule has 1 aromatic carbocycles. The number of sulfonamides is 1. The van der Waals surface area contributed by atoms with Crippen molar-refractivity contribution in [2.45, 2.75) is 11.8 Å². The van der Waals surface area contributed by atoms with Gasteiger partial charge < -0.3 is 10.1 Å². The molecule has 0 radical (unpaired) electrons. The van der Waals surface area contributed by atoms with Crippen molar-refractivity contribution in [1.29, 1.82) is 0 Å². The van der Waals surface area contributed by atoms with E-state index in [2.05, 4.69) is 10.0 Å². The standard InChI is InChI=1S/C11H16N2O4S/c1-3-17-11(14)8-13-9-4-6-10(7-5-9)18(15,16)12-2/h4-7,12-13H,3,8H2,1-2H3. The van der Waals surface area contributed by atoms with E-state index < -0.39 is 10.0 Å². The summed E-state index contributed by atoms with van der Waals surface area (Å²) in [6.07, 6.45) is 0. The van der Waals surface area contributed by atoms with Crippen LogP contribution in [0.25, 0.3) is 0 Å². The minimum Gasteiger partial charge on any atom is -0.465 e. The lowest BCUT2D eigenvalue weighted by atomic mass is 10.3. The quantitative estimate of drug-likeness (QED) is 0.740. The summed E-state index contributed by atoms with van der Waals surface area (Å²) in [5.74, 6) is -0.357. The summed E-state index contributed by atoms with van der Waals surface area (Å²) in [6, 6.07) is 6.09. The summed E-state index contributed by atoms with van der Waals surface area (Å²) in [6.45, 7) is 2.11. The summed E-state index contributed by atoms with van der Waals surface area (Å²) in [5.41, 5.74) is 0.651. The molecule has 2 N–H and O–H groups in total. The molecule has 0 atom stereocenters. The molecule has 0 saturated carbocycles. The molecule has 0 unspecified atom stereocenters. The van der Waals surface area contributed by atoms with Crippen LogP contribution >= 0.6 is 0 Å². The first-order valence-corrected chi connectivity index (χ1v) is 6.91. The summed E-state index contributed by atoms with van der Waals surface area (Å²) >= 11 is 0.